The third-order valence-corrected chi connectivity index (χ3v) is 4.31. The molecule has 0 unspecified atom stereocenters. The molecule has 104 valence electrons. The van der Waals surface area contributed by atoms with Gasteiger partial charge in [-0.1, -0.05) is 29.4 Å². The average molecular weight is 309 g/mol. The predicted octanol–water partition coefficient (Wildman–Crippen LogP) is 4.28. The summed E-state index contributed by atoms with van der Waals surface area (Å²) in [7, 11) is 0. The maximum Gasteiger partial charge on any atom is 0.137 e. The summed E-state index contributed by atoms with van der Waals surface area (Å²) in [6.45, 7) is 0.728. The molecule has 1 N–H and O–H groups in total. The third-order valence-electron chi connectivity index (χ3n) is 3.08. The molecule has 1 saturated carbocycles. The first-order valence-electron chi connectivity index (χ1n) is 6.52. The van der Waals surface area contributed by atoms with Crippen molar-refractivity contribution >= 4 is 23.4 Å². The molecule has 1 aliphatic carbocycles. The highest BCUT2D eigenvalue weighted by atomic mass is 35.5. The van der Waals surface area contributed by atoms with E-state index in [0.29, 0.717) is 16.0 Å². The molecule has 0 atom stereocenters. The molecular weight excluding hydrogens is 295 g/mol. The summed E-state index contributed by atoms with van der Waals surface area (Å²) >= 11 is 7.08. The molecule has 0 amide bonds. The summed E-state index contributed by atoms with van der Waals surface area (Å²) in [4.78, 5) is 4.74. The van der Waals surface area contributed by atoms with Gasteiger partial charge in [-0.3, -0.25) is 0 Å². The van der Waals surface area contributed by atoms with Crippen LogP contribution in [0.1, 0.15) is 18.4 Å². The van der Waals surface area contributed by atoms with E-state index in [1.54, 1.807) is 30.5 Å². The van der Waals surface area contributed by atoms with Gasteiger partial charge in [0.25, 0.3) is 0 Å². The Balaban J connectivity index is 1.68. The molecule has 0 radical (unpaired) electrons. The lowest BCUT2D eigenvalue weighted by atomic mass is 10.2. The van der Waals surface area contributed by atoms with Crippen molar-refractivity contribution in [1.29, 1.82) is 0 Å². The molecule has 5 heteroatoms. The predicted molar refractivity (Wildman–Crippen MR) is 79.6 cm³/mol. The summed E-state index contributed by atoms with van der Waals surface area (Å²) in [5.41, 5.74) is 0.975. The molecule has 1 heterocycles. The van der Waals surface area contributed by atoms with Gasteiger partial charge >= 0.3 is 0 Å². The van der Waals surface area contributed by atoms with E-state index in [9.17, 15) is 4.39 Å². The van der Waals surface area contributed by atoms with Gasteiger partial charge in [-0.15, -0.1) is 0 Å². The largest absolute Gasteiger partial charge is 0.310 e. The van der Waals surface area contributed by atoms with Gasteiger partial charge in [0.1, 0.15) is 10.8 Å². The van der Waals surface area contributed by atoms with Crippen LogP contribution in [0.25, 0.3) is 0 Å². The molecule has 0 saturated heterocycles. The van der Waals surface area contributed by atoms with Gasteiger partial charge in [0.05, 0.1) is 5.02 Å². The number of pyridine rings is 1. The zero-order chi connectivity index (χ0) is 13.9. The van der Waals surface area contributed by atoms with Crippen molar-refractivity contribution in [3.8, 4) is 0 Å². The fraction of sp³-hybridized carbons (Fsp3) is 0.267. The van der Waals surface area contributed by atoms with E-state index in [0.717, 1.165) is 17.1 Å². The van der Waals surface area contributed by atoms with Crippen LogP contribution < -0.4 is 5.32 Å². The third kappa shape index (κ3) is 3.72. The molecule has 3 rings (SSSR count). The Kier molecular flexibility index (Phi) is 4.24. The number of halogens is 2. The maximum atomic E-state index is 14.1. The van der Waals surface area contributed by atoms with E-state index in [2.05, 4.69) is 10.3 Å². The van der Waals surface area contributed by atoms with Crippen molar-refractivity contribution < 1.29 is 4.39 Å². The minimum absolute atomic E-state index is 0.207. The number of nitrogens with one attached hydrogen (secondary N) is 1. The molecule has 1 aromatic heterocycles. The van der Waals surface area contributed by atoms with E-state index in [1.165, 1.54) is 24.6 Å². The van der Waals surface area contributed by atoms with Gasteiger partial charge in [0.2, 0.25) is 0 Å². The Morgan fingerprint density at radius 2 is 2.15 bits per heavy atom. The maximum absolute atomic E-state index is 14.1. The van der Waals surface area contributed by atoms with Gasteiger partial charge in [-0.25, -0.2) is 9.37 Å². The Morgan fingerprint density at radius 3 is 2.80 bits per heavy atom. The Bertz CT molecular complexity index is 599. The Morgan fingerprint density at radius 1 is 1.30 bits per heavy atom. The second kappa shape index (κ2) is 6.12. The Hall–Kier alpha value is -1.10. The minimum atomic E-state index is -0.207. The van der Waals surface area contributed by atoms with Crippen molar-refractivity contribution in [3.05, 3.63) is 52.9 Å². The van der Waals surface area contributed by atoms with Crippen LogP contribution in [0.2, 0.25) is 5.02 Å². The molecule has 0 bridgehead atoms. The zero-order valence-electron chi connectivity index (χ0n) is 10.8. The van der Waals surface area contributed by atoms with Crippen LogP contribution in [0, 0.1) is 5.82 Å². The number of hydrogen-bond donors (Lipinski definition) is 1. The smallest absolute Gasteiger partial charge is 0.137 e. The number of nitrogens with zero attached hydrogens (tertiary/aromatic N) is 1. The van der Waals surface area contributed by atoms with E-state index < -0.39 is 0 Å². The van der Waals surface area contributed by atoms with Gasteiger partial charge in [-0.05, 0) is 42.7 Å². The van der Waals surface area contributed by atoms with Gasteiger partial charge in [-0.2, -0.15) is 0 Å². The van der Waals surface area contributed by atoms with Crippen molar-refractivity contribution in [2.75, 3.05) is 0 Å². The highest BCUT2D eigenvalue weighted by Crippen LogP contribution is 2.29. The minimum Gasteiger partial charge on any atom is -0.310 e. The molecule has 2 nitrogen and oxygen atoms in total. The normalized spacial score (nSPS) is 14.5. The summed E-state index contributed by atoms with van der Waals surface area (Å²) in [6, 6.07) is 9.52. The Labute approximate surface area is 126 Å². The molecule has 20 heavy (non-hydrogen) atoms. The number of rotatable bonds is 5. The summed E-state index contributed by atoms with van der Waals surface area (Å²) in [5, 5.41) is 4.69. The van der Waals surface area contributed by atoms with Gasteiger partial charge < -0.3 is 5.32 Å². The second-order valence-electron chi connectivity index (χ2n) is 4.84. The van der Waals surface area contributed by atoms with Crippen molar-refractivity contribution in [3.63, 3.8) is 0 Å². The lowest BCUT2D eigenvalue weighted by Gasteiger charge is -2.06. The lowest BCUT2D eigenvalue weighted by molar-refractivity contribution is 0.595. The topological polar surface area (TPSA) is 24.9 Å². The highest BCUT2D eigenvalue weighted by molar-refractivity contribution is 7.99. The summed E-state index contributed by atoms with van der Waals surface area (Å²) < 4.78 is 14.1. The van der Waals surface area contributed by atoms with E-state index in [-0.39, 0.29) is 5.82 Å². The van der Waals surface area contributed by atoms with Crippen LogP contribution in [0.15, 0.2) is 46.5 Å². The van der Waals surface area contributed by atoms with E-state index >= 15 is 0 Å². The number of hydrogen-bond acceptors (Lipinski definition) is 3. The van der Waals surface area contributed by atoms with Crippen LogP contribution in [-0.4, -0.2) is 11.0 Å². The lowest BCUT2D eigenvalue weighted by Crippen LogP contribution is -2.15. The zero-order valence-corrected chi connectivity index (χ0v) is 12.3. The average Bonchev–Trinajstić information content (AvgIpc) is 3.26. The molecule has 1 aliphatic rings. The first kappa shape index (κ1) is 13.9. The standard InChI is InChI=1S/C15H14ClFN2S/c16-11-2-6-15(19-9-11)20-14-5-1-10(7-13(14)17)8-18-12-3-4-12/h1-2,5-7,9,12,18H,3-4,8H2. The van der Waals surface area contributed by atoms with Crippen LogP contribution in [-0.2, 0) is 6.54 Å². The monoisotopic (exact) mass is 308 g/mol. The van der Waals surface area contributed by atoms with Gasteiger partial charge in [0, 0.05) is 23.7 Å². The quantitative estimate of drug-likeness (QED) is 0.892. The highest BCUT2D eigenvalue weighted by Gasteiger charge is 2.20. The molecule has 1 aromatic carbocycles. The van der Waals surface area contributed by atoms with Gasteiger partial charge in [0.15, 0.2) is 0 Å². The van der Waals surface area contributed by atoms with E-state index in [4.69, 9.17) is 11.6 Å². The summed E-state index contributed by atoms with van der Waals surface area (Å²) in [6.07, 6.45) is 4.03. The molecule has 0 spiro atoms. The van der Waals surface area contributed by atoms with Crippen LogP contribution >= 0.6 is 23.4 Å². The molecule has 2 aromatic rings. The van der Waals surface area contributed by atoms with Crippen molar-refractivity contribution in [1.82, 2.24) is 10.3 Å². The molecule has 1 fully saturated rings. The van der Waals surface area contributed by atoms with Crippen molar-refractivity contribution in [2.24, 2.45) is 0 Å². The van der Waals surface area contributed by atoms with Crippen LogP contribution in [0.5, 0.6) is 0 Å². The van der Waals surface area contributed by atoms with Crippen LogP contribution in [0.3, 0.4) is 0 Å². The molecular formula is C15H14ClFN2S. The fourth-order valence-corrected chi connectivity index (χ4v) is 2.69. The summed E-state index contributed by atoms with van der Waals surface area (Å²) in [5.74, 6) is -0.207. The fourth-order valence-electron chi connectivity index (χ4n) is 1.82. The molecule has 0 aliphatic heterocycles. The number of aromatic nitrogens is 1. The van der Waals surface area contributed by atoms with Crippen LogP contribution in [0.4, 0.5) is 4.39 Å². The van der Waals surface area contributed by atoms with E-state index in [1.807, 2.05) is 6.07 Å². The SMILES string of the molecule is Fc1cc(CNC2CC2)ccc1Sc1ccc(Cl)cn1. The number of benzene rings is 1. The first-order chi connectivity index (χ1) is 9.70. The van der Waals surface area contributed by atoms with Crippen molar-refractivity contribution in [2.45, 2.75) is 35.3 Å². The first-order valence-corrected chi connectivity index (χ1v) is 7.71. The second-order valence-corrected chi connectivity index (χ2v) is 6.34.